The summed E-state index contributed by atoms with van der Waals surface area (Å²) in [6, 6.07) is 3.63. The molecule has 2 N–H and O–H groups in total. The third kappa shape index (κ3) is 5.10. The summed E-state index contributed by atoms with van der Waals surface area (Å²) in [5.41, 5.74) is 2.10. The Kier molecular flexibility index (Phi) is 7.59. The molecule has 0 amide bonds. The van der Waals surface area contributed by atoms with Gasteiger partial charge in [-0.3, -0.25) is 0 Å². The molecule has 0 aromatic heterocycles. The van der Waals surface area contributed by atoms with Crippen molar-refractivity contribution < 1.29 is 14.6 Å². The highest BCUT2D eigenvalue weighted by atomic mass is 19.1. The molecule has 158 valence electrons. The highest BCUT2D eigenvalue weighted by molar-refractivity contribution is 5.52. The van der Waals surface area contributed by atoms with E-state index in [4.69, 9.17) is 0 Å². The van der Waals surface area contributed by atoms with Gasteiger partial charge in [-0.15, -0.1) is 0 Å². The lowest BCUT2D eigenvalue weighted by Gasteiger charge is -2.35. The molecule has 1 aromatic carbocycles. The second-order valence-electron chi connectivity index (χ2n) is 9.67. The molecule has 2 nitrogen and oxygen atoms in total. The highest BCUT2D eigenvalue weighted by Gasteiger charge is 2.36. The molecule has 0 radical (unpaired) electrons. The molecule has 0 heterocycles. The lowest BCUT2D eigenvalue weighted by molar-refractivity contribution is 0.222. The maximum atomic E-state index is 14.3. The predicted octanol–water partition coefficient (Wildman–Crippen LogP) is 7.39. The summed E-state index contributed by atoms with van der Waals surface area (Å²) in [4.78, 5) is 0. The van der Waals surface area contributed by atoms with Gasteiger partial charge in [-0.05, 0) is 60.3 Å². The van der Waals surface area contributed by atoms with E-state index in [0.717, 1.165) is 18.4 Å². The SMILES string of the molecule is CCCCCCC(C)(C)c1cc(O)c(C2C=C(C)C(F)CC2C(C)C)c(O)c1. The van der Waals surface area contributed by atoms with Crippen molar-refractivity contribution in [2.45, 2.75) is 97.6 Å². The number of benzene rings is 1. The number of alkyl halides is 1. The fourth-order valence-electron chi connectivity index (χ4n) is 4.56. The summed E-state index contributed by atoms with van der Waals surface area (Å²) in [5, 5.41) is 21.7. The van der Waals surface area contributed by atoms with Crippen molar-refractivity contribution in [1.29, 1.82) is 0 Å². The van der Waals surface area contributed by atoms with Crippen LogP contribution in [0.2, 0.25) is 0 Å². The van der Waals surface area contributed by atoms with Gasteiger partial charge in [0, 0.05) is 11.5 Å². The topological polar surface area (TPSA) is 40.5 Å². The maximum absolute atomic E-state index is 14.3. The number of hydrogen-bond acceptors (Lipinski definition) is 2. The normalized spacial score (nSPS) is 23.1. The van der Waals surface area contributed by atoms with Crippen LogP contribution in [-0.4, -0.2) is 16.4 Å². The fourth-order valence-corrected chi connectivity index (χ4v) is 4.56. The Bertz CT molecular complexity index is 667. The molecule has 3 heteroatoms. The van der Waals surface area contributed by atoms with Crippen LogP contribution in [0, 0.1) is 11.8 Å². The van der Waals surface area contributed by atoms with Crippen molar-refractivity contribution in [2.24, 2.45) is 11.8 Å². The summed E-state index contributed by atoms with van der Waals surface area (Å²) in [7, 11) is 0. The fraction of sp³-hybridized carbons (Fsp3) is 0.680. The summed E-state index contributed by atoms with van der Waals surface area (Å²) >= 11 is 0. The van der Waals surface area contributed by atoms with E-state index in [2.05, 4.69) is 34.6 Å². The van der Waals surface area contributed by atoms with Crippen molar-refractivity contribution >= 4 is 0 Å². The summed E-state index contributed by atoms with van der Waals surface area (Å²) in [5.74, 6) is 0.431. The minimum Gasteiger partial charge on any atom is -0.507 e. The maximum Gasteiger partial charge on any atom is 0.123 e. The summed E-state index contributed by atoms with van der Waals surface area (Å²) in [6.07, 6.45) is 7.23. The number of aromatic hydroxyl groups is 2. The number of phenolic OH excluding ortho intramolecular Hbond substituents is 2. The highest BCUT2D eigenvalue weighted by Crippen LogP contribution is 2.48. The van der Waals surface area contributed by atoms with Crippen LogP contribution in [-0.2, 0) is 5.41 Å². The number of hydrogen-bond donors (Lipinski definition) is 2. The number of allylic oxidation sites excluding steroid dienone is 2. The van der Waals surface area contributed by atoms with Gasteiger partial charge in [-0.1, -0.05) is 66.4 Å². The Morgan fingerprint density at radius 2 is 1.71 bits per heavy atom. The molecule has 28 heavy (non-hydrogen) atoms. The second kappa shape index (κ2) is 9.33. The molecule has 0 bridgehead atoms. The van der Waals surface area contributed by atoms with E-state index in [0.29, 0.717) is 17.6 Å². The first-order valence-electron chi connectivity index (χ1n) is 11.0. The van der Waals surface area contributed by atoms with Gasteiger partial charge in [0.15, 0.2) is 0 Å². The first-order valence-corrected chi connectivity index (χ1v) is 11.0. The predicted molar refractivity (Wildman–Crippen MR) is 116 cm³/mol. The van der Waals surface area contributed by atoms with Crippen LogP contribution < -0.4 is 0 Å². The number of rotatable bonds is 8. The van der Waals surface area contributed by atoms with Gasteiger partial charge in [0.2, 0.25) is 0 Å². The van der Waals surface area contributed by atoms with E-state index in [1.807, 2.05) is 18.2 Å². The smallest absolute Gasteiger partial charge is 0.123 e. The number of phenols is 2. The molecular weight excluding hydrogens is 351 g/mol. The molecule has 0 aliphatic heterocycles. The third-order valence-corrected chi connectivity index (χ3v) is 6.64. The second-order valence-corrected chi connectivity index (χ2v) is 9.67. The van der Waals surface area contributed by atoms with Gasteiger partial charge >= 0.3 is 0 Å². The van der Waals surface area contributed by atoms with Crippen molar-refractivity contribution in [1.82, 2.24) is 0 Å². The van der Waals surface area contributed by atoms with E-state index in [9.17, 15) is 14.6 Å². The third-order valence-electron chi connectivity index (χ3n) is 6.64. The summed E-state index contributed by atoms with van der Waals surface area (Å²) < 4.78 is 14.3. The first kappa shape index (κ1) is 22.8. The van der Waals surface area contributed by atoms with Crippen LogP contribution in [0.3, 0.4) is 0 Å². The van der Waals surface area contributed by atoms with Crippen molar-refractivity contribution in [3.8, 4) is 11.5 Å². The van der Waals surface area contributed by atoms with E-state index >= 15 is 0 Å². The van der Waals surface area contributed by atoms with Crippen LogP contribution in [0.4, 0.5) is 4.39 Å². The van der Waals surface area contributed by atoms with Gasteiger partial charge in [0.25, 0.3) is 0 Å². The first-order chi connectivity index (χ1) is 13.1. The number of halogens is 1. The van der Waals surface area contributed by atoms with Crippen molar-refractivity contribution in [3.05, 3.63) is 34.9 Å². The van der Waals surface area contributed by atoms with E-state index < -0.39 is 6.17 Å². The van der Waals surface area contributed by atoms with Crippen LogP contribution in [0.15, 0.2) is 23.8 Å². The zero-order chi connectivity index (χ0) is 21.1. The largest absolute Gasteiger partial charge is 0.507 e. The molecule has 3 unspecified atom stereocenters. The molecule has 0 saturated heterocycles. The van der Waals surface area contributed by atoms with E-state index in [-0.39, 0.29) is 34.7 Å². The van der Waals surface area contributed by atoms with Crippen LogP contribution in [0.25, 0.3) is 0 Å². The molecule has 2 rings (SSSR count). The molecule has 3 atom stereocenters. The summed E-state index contributed by atoms with van der Waals surface area (Å²) in [6.45, 7) is 12.5. The van der Waals surface area contributed by atoms with E-state index in [1.165, 1.54) is 19.3 Å². The Hall–Kier alpha value is -1.51. The van der Waals surface area contributed by atoms with Crippen LogP contribution >= 0.6 is 0 Å². The Morgan fingerprint density at radius 3 is 2.25 bits per heavy atom. The van der Waals surface area contributed by atoms with Gasteiger partial charge in [0.1, 0.15) is 17.7 Å². The standard InChI is InChI=1S/C25H39FO2/c1-7-8-9-10-11-25(5,6)18-13-22(27)24(23(28)14-18)20-12-17(4)21(26)15-19(20)16(2)3/h12-14,16,19-21,27-28H,7-11,15H2,1-6H3. The van der Waals surface area contributed by atoms with E-state index in [1.54, 1.807) is 6.92 Å². The average Bonchev–Trinajstić information content (AvgIpc) is 2.60. The molecular formula is C25H39FO2. The Labute approximate surface area is 170 Å². The molecule has 1 aliphatic rings. The molecule has 0 spiro atoms. The quantitative estimate of drug-likeness (QED) is 0.359. The Morgan fingerprint density at radius 1 is 1.11 bits per heavy atom. The molecule has 0 saturated carbocycles. The Balaban J connectivity index is 2.35. The lowest BCUT2D eigenvalue weighted by Crippen LogP contribution is -2.27. The molecule has 1 aliphatic carbocycles. The van der Waals surface area contributed by atoms with Gasteiger partial charge in [-0.25, -0.2) is 4.39 Å². The van der Waals surface area contributed by atoms with Crippen molar-refractivity contribution in [3.63, 3.8) is 0 Å². The minimum atomic E-state index is -0.936. The molecule has 1 aromatic rings. The average molecular weight is 391 g/mol. The monoisotopic (exact) mass is 390 g/mol. The van der Waals surface area contributed by atoms with Crippen LogP contribution in [0.5, 0.6) is 11.5 Å². The van der Waals surface area contributed by atoms with Gasteiger partial charge in [-0.2, -0.15) is 0 Å². The zero-order valence-corrected chi connectivity index (χ0v) is 18.6. The number of unbranched alkanes of at least 4 members (excludes halogenated alkanes) is 3. The van der Waals surface area contributed by atoms with Crippen LogP contribution in [0.1, 0.15) is 97.1 Å². The lowest BCUT2D eigenvalue weighted by atomic mass is 9.70. The van der Waals surface area contributed by atoms with Gasteiger partial charge < -0.3 is 10.2 Å². The van der Waals surface area contributed by atoms with Crippen molar-refractivity contribution in [2.75, 3.05) is 0 Å². The minimum absolute atomic E-state index is 0.0587. The molecule has 0 fully saturated rings. The van der Waals surface area contributed by atoms with Gasteiger partial charge in [0.05, 0.1) is 0 Å². The zero-order valence-electron chi connectivity index (χ0n) is 18.6.